The number of nitrogens with one attached hydrogen (secondary N) is 4. The minimum Gasteiger partial charge on any atom is -0.455 e. The van der Waals surface area contributed by atoms with E-state index in [2.05, 4.69) is 533 Å². The lowest BCUT2D eigenvalue weighted by molar-refractivity contribution is 0.669. The number of fused-ring (bicyclic) bond motifs is 9. The number of halogens is 1. The van der Waals surface area contributed by atoms with Gasteiger partial charge in [-0.15, -0.1) is 0 Å². The van der Waals surface area contributed by atoms with Gasteiger partial charge in [0.05, 0.1) is 0 Å². The van der Waals surface area contributed by atoms with Crippen LogP contribution in [-0.2, 0) is 0 Å². The standard InChI is InChI=1S/C36H26BrN.C32H24N2.C30H21NO.C28H19NO/c37-33-19-11-29(12-20-33)32-17-25-36(26-18-32)38(34-21-13-30(14-22-34)27-7-3-1-4-8-27)35-23-15-31(16-24-35)28-9-5-2-6-10-28;1-3-11-29-25(7-1)9-5-13-31(29)33-27-19-15-23(16-20-27)24-17-21-28(22-18-24)34-32-14-6-10-26-8-2-4-12-30(26)32;1-2-7-21(8-3-1)22-13-17-24(18-14-22)31-25-19-15-23(16-20-25)26-10-6-11-28-27-9-4-5-12-29(27)32-30(26)28;1-2-9-22-19(7-1)8-5-13-26(22)29-21-17-15-20(16-18-21)23-11-6-12-25-24-10-3-4-14-27(24)30-28(23)25/h1-26H;1-22,33-34H;1-20,31H;1-18,29H. The number of benzene rings is 22. The molecule has 0 aliphatic carbocycles. The maximum atomic E-state index is 6.20. The second-order valence-electron chi connectivity index (χ2n) is 33.1. The molecule has 638 valence electrons. The van der Waals surface area contributed by atoms with Crippen molar-refractivity contribution in [2.45, 2.75) is 0 Å². The number of hydrogen-bond acceptors (Lipinski definition) is 7. The van der Waals surface area contributed by atoms with Crippen LogP contribution in [0.2, 0.25) is 0 Å². The number of para-hydroxylation sites is 4. The first-order valence-corrected chi connectivity index (χ1v) is 46.0. The second kappa shape index (κ2) is 38.9. The van der Waals surface area contributed by atoms with Crippen LogP contribution in [0.3, 0.4) is 0 Å². The van der Waals surface area contributed by atoms with Gasteiger partial charge in [0.1, 0.15) is 22.3 Å². The number of anilines is 11. The third-order valence-corrected chi connectivity index (χ3v) is 25.1. The first-order chi connectivity index (χ1) is 66.3. The van der Waals surface area contributed by atoms with Gasteiger partial charge in [0.25, 0.3) is 0 Å². The Morgan fingerprint density at radius 1 is 0.164 bits per heavy atom. The molecule has 22 aromatic carbocycles. The van der Waals surface area contributed by atoms with Crippen LogP contribution in [0.25, 0.3) is 154 Å². The first kappa shape index (κ1) is 83.6. The number of hydrogen-bond donors (Lipinski definition) is 4. The highest BCUT2D eigenvalue weighted by Crippen LogP contribution is 2.43. The van der Waals surface area contributed by atoms with Gasteiger partial charge < -0.3 is 35.0 Å². The predicted molar refractivity (Wildman–Crippen MR) is 572 cm³/mol. The molecule has 0 spiro atoms. The minimum atomic E-state index is 0.923. The van der Waals surface area contributed by atoms with Crippen LogP contribution in [0.5, 0.6) is 0 Å². The van der Waals surface area contributed by atoms with Crippen molar-refractivity contribution in [2.75, 3.05) is 26.2 Å². The number of furan rings is 2. The van der Waals surface area contributed by atoms with E-state index in [1.165, 1.54) is 88.0 Å². The van der Waals surface area contributed by atoms with Crippen LogP contribution in [0.1, 0.15) is 0 Å². The minimum absolute atomic E-state index is 0.923. The van der Waals surface area contributed by atoms with Gasteiger partial charge >= 0.3 is 0 Å². The van der Waals surface area contributed by atoms with Crippen LogP contribution in [0, 0.1) is 0 Å². The van der Waals surface area contributed by atoms with Gasteiger partial charge in [0.2, 0.25) is 0 Å². The zero-order chi connectivity index (χ0) is 89.7. The first-order valence-electron chi connectivity index (χ1n) is 45.2. The Labute approximate surface area is 788 Å². The highest BCUT2D eigenvalue weighted by molar-refractivity contribution is 9.10. The summed E-state index contributed by atoms with van der Waals surface area (Å²) in [6.07, 6.45) is 0. The Balaban J connectivity index is 0.000000108. The monoisotopic (exact) mass is 1780 g/mol. The largest absolute Gasteiger partial charge is 0.455 e. The zero-order valence-corrected chi connectivity index (χ0v) is 74.9. The van der Waals surface area contributed by atoms with Crippen molar-refractivity contribution < 1.29 is 8.83 Å². The van der Waals surface area contributed by atoms with E-state index in [0.29, 0.717) is 0 Å². The summed E-state index contributed by atoms with van der Waals surface area (Å²) in [5.74, 6) is 0. The van der Waals surface area contributed by atoms with E-state index in [1.807, 2.05) is 30.3 Å². The lowest BCUT2D eigenvalue weighted by Crippen LogP contribution is -2.09. The average molecular weight is 1790 g/mol. The summed E-state index contributed by atoms with van der Waals surface area (Å²) in [4.78, 5) is 2.31. The summed E-state index contributed by atoms with van der Waals surface area (Å²) in [6.45, 7) is 0. The summed E-state index contributed by atoms with van der Waals surface area (Å²) >= 11 is 3.53. The van der Waals surface area contributed by atoms with Gasteiger partial charge in [0, 0.05) is 116 Å². The molecule has 0 saturated heterocycles. The second-order valence-corrected chi connectivity index (χ2v) is 34.0. The van der Waals surface area contributed by atoms with Gasteiger partial charge in [-0.1, -0.05) is 398 Å². The van der Waals surface area contributed by atoms with Gasteiger partial charge in [-0.3, -0.25) is 0 Å². The van der Waals surface area contributed by atoms with E-state index in [4.69, 9.17) is 8.83 Å². The predicted octanol–water partition coefficient (Wildman–Crippen LogP) is 36.9. The van der Waals surface area contributed by atoms with E-state index >= 15 is 0 Å². The fourth-order valence-electron chi connectivity index (χ4n) is 17.7. The van der Waals surface area contributed by atoms with Gasteiger partial charge in [-0.25, -0.2) is 0 Å². The Kier molecular flexibility index (Phi) is 24.3. The molecule has 0 atom stereocenters. The van der Waals surface area contributed by atoms with Crippen LogP contribution in [0.4, 0.5) is 62.6 Å². The number of nitrogens with zero attached hydrogens (tertiary/aromatic N) is 1. The van der Waals surface area contributed by atoms with Crippen molar-refractivity contribution in [1.29, 1.82) is 0 Å². The molecule has 2 aromatic heterocycles. The van der Waals surface area contributed by atoms with Gasteiger partial charge in [-0.2, -0.15) is 0 Å². The summed E-state index contributed by atoms with van der Waals surface area (Å²) in [6, 6.07) is 183. The molecule has 2 heterocycles. The van der Waals surface area contributed by atoms with Crippen LogP contribution in [0.15, 0.2) is 535 Å². The topological polar surface area (TPSA) is 77.6 Å². The summed E-state index contributed by atoms with van der Waals surface area (Å²) in [5.41, 5.74) is 32.3. The molecule has 0 bridgehead atoms. The maximum absolute atomic E-state index is 6.20. The Bertz CT molecular complexity index is 7940. The maximum Gasteiger partial charge on any atom is 0.143 e. The van der Waals surface area contributed by atoms with Crippen molar-refractivity contribution in [3.63, 3.8) is 0 Å². The van der Waals surface area contributed by atoms with Crippen molar-refractivity contribution >= 4 is 155 Å². The van der Waals surface area contributed by atoms with Crippen molar-refractivity contribution in [3.05, 3.63) is 526 Å². The highest BCUT2D eigenvalue weighted by atomic mass is 79.9. The molecule has 7 nitrogen and oxygen atoms in total. The molecule has 0 saturated carbocycles. The molecular weight excluding hydrogens is 1700 g/mol. The Hall–Kier alpha value is -17.3. The third-order valence-electron chi connectivity index (χ3n) is 24.6. The van der Waals surface area contributed by atoms with Crippen LogP contribution >= 0.6 is 15.9 Å². The van der Waals surface area contributed by atoms with Gasteiger partial charge in [-0.05, 0) is 222 Å². The highest BCUT2D eigenvalue weighted by Gasteiger charge is 2.18. The molecule has 24 rings (SSSR count). The summed E-state index contributed by atoms with van der Waals surface area (Å²) in [5, 5.41) is 26.2. The molecule has 0 aliphatic heterocycles. The molecule has 0 fully saturated rings. The molecular formula is C126H90BrN5O2. The summed E-state index contributed by atoms with van der Waals surface area (Å²) < 4.78 is 13.5. The number of rotatable bonds is 18. The fourth-order valence-corrected chi connectivity index (χ4v) is 17.9. The van der Waals surface area contributed by atoms with Crippen molar-refractivity contribution in [2.24, 2.45) is 0 Å². The molecule has 0 radical (unpaired) electrons. The van der Waals surface area contributed by atoms with Crippen molar-refractivity contribution in [1.82, 2.24) is 0 Å². The quantitative estimate of drug-likeness (QED) is 0.0682. The van der Waals surface area contributed by atoms with E-state index < -0.39 is 0 Å². The molecule has 134 heavy (non-hydrogen) atoms. The molecule has 0 amide bonds. The molecule has 4 N–H and O–H groups in total. The van der Waals surface area contributed by atoms with Crippen molar-refractivity contribution in [3.8, 4) is 77.9 Å². The van der Waals surface area contributed by atoms with E-state index in [9.17, 15) is 0 Å². The lowest BCUT2D eigenvalue weighted by atomic mass is 10.0. The van der Waals surface area contributed by atoms with Gasteiger partial charge in [0.15, 0.2) is 0 Å². The van der Waals surface area contributed by atoms with E-state index in [1.54, 1.807) is 0 Å². The Morgan fingerprint density at radius 2 is 0.388 bits per heavy atom. The zero-order valence-electron chi connectivity index (χ0n) is 73.3. The SMILES string of the molecule is Brc1ccc(-c2ccc(N(c3ccc(-c4ccccc4)cc3)c3ccc(-c4ccccc4)cc3)cc2)cc1.c1ccc(-c2ccc(Nc3ccc(-c4cccc5c4oc4ccccc45)cc3)cc2)cc1.c1ccc2c(Nc3ccc(-c4ccc(Nc5cccc6ccccc56)cc4)cc3)cccc2c1.c1ccc2c(Nc3ccc(-c4cccc5c4oc4ccccc45)cc3)cccc2c1. The summed E-state index contributed by atoms with van der Waals surface area (Å²) in [7, 11) is 0. The van der Waals surface area contributed by atoms with E-state index in [-0.39, 0.29) is 0 Å². The molecule has 8 heteroatoms. The van der Waals surface area contributed by atoms with E-state index in [0.717, 1.165) is 133 Å². The smallest absolute Gasteiger partial charge is 0.143 e. The molecule has 0 aliphatic rings. The van der Waals surface area contributed by atoms with Crippen LogP contribution < -0.4 is 26.2 Å². The molecule has 24 aromatic rings. The average Bonchev–Trinajstić information content (AvgIpc) is 1.61. The fraction of sp³-hybridized carbons (Fsp3) is 0. The van der Waals surface area contributed by atoms with Crippen LogP contribution in [-0.4, -0.2) is 0 Å². The Morgan fingerprint density at radius 3 is 0.701 bits per heavy atom. The third kappa shape index (κ3) is 18.7. The lowest BCUT2D eigenvalue weighted by Gasteiger charge is -2.26. The normalized spacial score (nSPS) is 11.0. The molecule has 0 unspecified atom stereocenters.